The number of amides is 1. The van der Waals surface area contributed by atoms with Crippen LogP contribution in [0.1, 0.15) is 29.7 Å². The summed E-state index contributed by atoms with van der Waals surface area (Å²) >= 11 is 0. The Labute approximate surface area is 202 Å². The third-order valence-corrected chi connectivity index (χ3v) is 5.68. The van der Waals surface area contributed by atoms with Crippen LogP contribution in [0.5, 0.6) is 5.75 Å². The number of Topliss-reactive ketones (excluding diaryl/α,β-unsaturated/α-hetero) is 1. The molecule has 1 fully saturated rings. The van der Waals surface area contributed by atoms with E-state index in [0.29, 0.717) is 34.7 Å². The second kappa shape index (κ2) is 10.2. The van der Waals surface area contributed by atoms with Gasteiger partial charge in [-0.25, -0.2) is 0 Å². The highest BCUT2D eigenvalue weighted by Gasteiger charge is 2.47. The van der Waals surface area contributed by atoms with Gasteiger partial charge >= 0.3 is 5.97 Å². The average Bonchev–Trinajstić information content (AvgIpc) is 3.15. The van der Waals surface area contributed by atoms with E-state index in [-0.39, 0.29) is 23.7 Å². The molecule has 3 aromatic rings. The van der Waals surface area contributed by atoms with Crippen molar-refractivity contribution in [3.8, 4) is 5.75 Å². The van der Waals surface area contributed by atoms with Crippen molar-refractivity contribution >= 4 is 29.1 Å². The summed E-state index contributed by atoms with van der Waals surface area (Å²) in [5.41, 5.74) is 2.09. The Morgan fingerprint density at radius 1 is 1.06 bits per heavy atom. The first-order chi connectivity index (χ1) is 16.9. The predicted octanol–water partition coefficient (Wildman–Crippen LogP) is 3.82. The minimum absolute atomic E-state index is 0.0370. The summed E-state index contributed by atoms with van der Waals surface area (Å²) in [6, 6.07) is 15.9. The number of esters is 1. The molecule has 1 amide bonds. The van der Waals surface area contributed by atoms with Crippen molar-refractivity contribution in [2.24, 2.45) is 0 Å². The van der Waals surface area contributed by atoms with Gasteiger partial charge in [-0.2, -0.15) is 0 Å². The highest BCUT2D eigenvalue weighted by atomic mass is 16.5. The number of aromatic nitrogens is 1. The molecule has 0 saturated carbocycles. The SMILES string of the molecule is CCOC(=O)Cc1ccc(N2C(=O)C(=O)/C(=C(\O)c3cccc(OC)c3)C2c2ccncc2)cc1. The van der Waals surface area contributed by atoms with Crippen molar-refractivity contribution in [1.29, 1.82) is 0 Å². The Morgan fingerprint density at radius 3 is 2.43 bits per heavy atom. The predicted molar refractivity (Wildman–Crippen MR) is 129 cm³/mol. The molecule has 4 rings (SSSR count). The first kappa shape index (κ1) is 23.7. The molecule has 1 aliphatic heterocycles. The number of methoxy groups -OCH3 is 1. The van der Waals surface area contributed by atoms with Crippen LogP contribution in [0.25, 0.3) is 5.76 Å². The molecule has 1 N–H and O–H groups in total. The van der Waals surface area contributed by atoms with E-state index < -0.39 is 17.7 Å². The summed E-state index contributed by atoms with van der Waals surface area (Å²) in [5, 5.41) is 11.2. The van der Waals surface area contributed by atoms with Crippen LogP contribution in [0, 0.1) is 0 Å². The first-order valence-electron chi connectivity index (χ1n) is 11.0. The van der Waals surface area contributed by atoms with E-state index in [9.17, 15) is 19.5 Å². The van der Waals surface area contributed by atoms with Gasteiger partial charge in [-0.15, -0.1) is 0 Å². The number of carbonyl (C=O) groups is 3. The lowest BCUT2D eigenvalue weighted by Gasteiger charge is -2.25. The molecular weight excluding hydrogens is 448 g/mol. The molecule has 1 atom stereocenters. The molecule has 8 heteroatoms. The molecular formula is C27H24N2O6. The normalized spacial score (nSPS) is 16.9. The molecule has 1 aromatic heterocycles. The van der Waals surface area contributed by atoms with E-state index in [0.717, 1.165) is 0 Å². The Balaban J connectivity index is 1.79. The zero-order valence-corrected chi connectivity index (χ0v) is 19.3. The second-order valence-corrected chi connectivity index (χ2v) is 7.83. The van der Waals surface area contributed by atoms with E-state index in [1.54, 1.807) is 80.0 Å². The smallest absolute Gasteiger partial charge is 0.310 e. The minimum atomic E-state index is -0.875. The average molecular weight is 472 g/mol. The Hall–Kier alpha value is -4.46. The van der Waals surface area contributed by atoms with Crippen LogP contribution < -0.4 is 9.64 Å². The maximum atomic E-state index is 13.2. The monoisotopic (exact) mass is 472 g/mol. The quantitative estimate of drug-likeness (QED) is 0.241. The van der Waals surface area contributed by atoms with Crippen LogP contribution in [0.3, 0.4) is 0 Å². The summed E-state index contributed by atoms with van der Waals surface area (Å²) in [6.45, 7) is 2.03. The van der Waals surface area contributed by atoms with E-state index in [1.807, 2.05) is 0 Å². The van der Waals surface area contributed by atoms with Gasteiger partial charge in [0.1, 0.15) is 11.5 Å². The number of aliphatic hydroxyl groups is 1. The number of ether oxygens (including phenoxy) is 2. The number of hydrogen-bond donors (Lipinski definition) is 1. The number of nitrogens with zero attached hydrogens (tertiary/aromatic N) is 2. The lowest BCUT2D eigenvalue weighted by molar-refractivity contribution is -0.142. The first-order valence-corrected chi connectivity index (χ1v) is 11.0. The van der Waals surface area contributed by atoms with E-state index >= 15 is 0 Å². The molecule has 2 heterocycles. The Bertz CT molecular complexity index is 1280. The van der Waals surface area contributed by atoms with Crippen molar-refractivity contribution in [2.75, 3.05) is 18.6 Å². The number of benzene rings is 2. The molecule has 0 radical (unpaired) electrons. The maximum absolute atomic E-state index is 13.2. The van der Waals surface area contributed by atoms with Crippen LogP contribution in [0.15, 0.2) is 78.6 Å². The third-order valence-electron chi connectivity index (χ3n) is 5.68. The standard InChI is InChI=1S/C27H24N2O6/c1-3-35-22(30)15-17-7-9-20(10-8-17)29-24(18-11-13-28-14-12-18)23(26(32)27(29)33)25(31)19-5-4-6-21(16-19)34-2/h4-14,16,24,31H,3,15H2,1-2H3/b25-23-. The lowest BCUT2D eigenvalue weighted by atomic mass is 9.95. The van der Waals surface area contributed by atoms with Gasteiger partial charge < -0.3 is 14.6 Å². The number of carbonyl (C=O) groups excluding carboxylic acids is 3. The van der Waals surface area contributed by atoms with Gasteiger partial charge in [0.25, 0.3) is 11.7 Å². The highest BCUT2D eigenvalue weighted by Crippen LogP contribution is 2.42. The van der Waals surface area contributed by atoms with Crippen LogP contribution in [0.4, 0.5) is 5.69 Å². The molecule has 0 aliphatic carbocycles. The van der Waals surface area contributed by atoms with Crippen LogP contribution in [-0.4, -0.2) is 41.5 Å². The fraction of sp³-hybridized carbons (Fsp3) is 0.185. The number of anilines is 1. The molecule has 1 saturated heterocycles. The van der Waals surface area contributed by atoms with Crippen molar-refractivity contribution < 1.29 is 29.0 Å². The summed E-state index contributed by atoms with van der Waals surface area (Å²) in [4.78, 5) is 43.6. The number of pyridine rings is 1. The van der Waals surface area contributed by atoms with Crippen LogP contribution in [-0.2, 0) is 25.5 Å². The molecule has 8 nitrogen and oxygen atoms in total. The maximum Gasteiger partial charge on any atom is 0.310 e. The van der Waals surface area contributed by atoms with Gasteiger partial charge in [-0.1, -0.05) is 24.3 Å². The van der Waals surface area contributed by atoms with Crippen molar-refractivity contribution in [3.05, 3.63) is 95.3 Å². The molecule has 178 valence electrons. The van der Waals surface area contributed by atoms with Gasteiger partial charge in [-0.05, 0) is 54.4 Å². The lowest BCUT2D eigenvalue weighted by Crippen LogP contribution is -2.29. The molecule has 35 heavy (non-hydrogen) atoms. The molecule has 0 spiro atoms. The summed E-state index contributed by atoms with van der Waals surface area (Å²) in [7, 11) is 1.50. The summed E-state index contributed by atoms with van der Waals surface area (Å²) < 4.78 is 10.2. The van der Waals surface area contributed by atoms with E-state index in [4.69, 9.17) is 9.47 Å². The third kappa shape index (κ3) is 4.77. The molecule has 1 aliphatic rings. The molecule has 2 aromatic carbocycles. The largest absolute Gasteiger partial charge is 0.507 e. The highest BCUT2D eigenvalue weighted by molar-refractivity contribution is 6.51. The summed E-state index contributed by atoms with van der Waals surface area (Å²) in [5.74, 6) is -1.72. The van der Waals surface area contributed by atoms with Gasteiger partial charge in [0.2, 0.25) is 0 Å². The number of ketones is 1. The number of aliphatic hydroxyl groups excluding tert-OH is 1. The van der Waals surface area contributed by atoms with Crippen molar-refractivity contribution in [3.63, 3.8) is 0 Å². The second-order valence-electron chi connectivity index (χ2n) is 7.83. The number of hydrogen-bond acceptors (Lipinski definition) is 7. The Morgan fingerprint density at radius 2 is 1.77 bits per heavy atom. The molecule has 1 unspecified atom stereocenters. The van der Waals surface area contributed by atoms with Crippen LogP contribution >= 0.6 is 0 Å². The van der Waals surface area contributed by atoms with Crippen molar-refractivity contribution in [1.82, 2.24) is 4.98 Å². The summed E-state index contributed by atoms with van der Waals surface area (Å²) in [6.07, 6.45) is 3.21. The molecule has 0 bridgehead atoms. The van der Waals surface area contributed by atoms with Gasteiger partial charge in [0.15, 0.2) is 0 Å². The fourth-order valence-electron chi connectivity index (χ4n) is 4.04. The van der Waals surface area contributed by atoms with Gasteiger partial charge in [0, 0.05) is 23.6 Å². The number of rotatable bonds is 7. The Kier molecular flexibility index (Phi) is 6.91. The van der Waals surface area contributed by atoms with Crippen molar-refractivity contribution in [2.45, 2.75) is 19.4 Å². The zero-order chi connectivity index (χ0) is 24.9. The van der Waals surface area contributed by atoms with Gasteiger partial charge in [-0.3, -0.25) is 24.3 Å². The zero-order valence-electron chi connectivity index (χ0n) is 19.3. The fourth-order valence-corrected chi connectivity index (χ4v) is 4.04. The van der Waals surface area contributed by atoms with Gasteiger partial charge in [0.05, 0.1) is 31.8 Å². The minimum Gasteiger partial charge on any atom is -0.507 e. The van der Waals surface area contributed by atoms with E-state index in [1.165, 1.54) is 12.0 Å². The van der Waals surface area contributed by atoms with E-state index in [2.05, 4.69) is 4.98 Å². The topological polar surface area (TPSA) is 106 Å². The van der Waals surface area contributed by atoms with Crippen LogP contribution in [0.2, 0.25) is 0 Å².